The number of carbonyl (C=O) groups is 1. The van der Waals surface area contributed by atoms with Crippen molar-refractivity contribution in [3.05, 3.63) is 46.4 Å². The van der Waals surface area contributed by atoms with Crippen molar-refractivity contribution in [1.82, 2.24) is 14.1 Å². The number of para-hydroxylation sites is 1. The number of hydrogen-bond donors (Lipinski definition) is 0. The largest absolute Gasteiger partial charge is 0.489 e. The Bertz CT molecular complexity index is 1110. The van der Waals surface area contributed by atoms with Crippen molar-refractivity contribution in [2.24, 2.45) is 7.05 Å². The van der Waals surface area contributed by atoms with Gasteiger partial charge in [-0.05, 0) is 38.3 Å². The molecule has 0 bridgehead atoms. The lowest BCUT2D eigenvalue weighted by Gasteiger charge is -2.30. The van der Waals surface area contributed by atoms with Crippen LogP contribution < -0.4 is 10.3 Å². The van der Waals surface area contributed by atoms with Gasteiger partial charge in [-0.25, -0.2) is 9.78 Å². The molecule has 3 aromatic rings. The maximum atomic E-state index is 12.9. The van der Waals surface area contributed by atoms with E-state index in [0.717, 1.165) is 29.4 Å². The molecule has 146 valence electrons. The molecule has 0 unspecified atom stereocenters. The molecule has 7 heteroatoms. The van der Waals surface area contributed by atoms with Gasteiger partial charge in [-0.3, -0.25) is 9.36 Å². The molecular formula is C21H23N3O4. The number of hydrogen-bond acceptors (Lipinski definition) is 5. The number of nitrogens with zero attached hydrogens (tertiary/aromatic N) is 3. The average Bonchev–Trinajstić information content (AvgIpc) is 3.01. The summed E-state index contributed by atoms with van der Waals surface area (Å²) in [6.07, 6.45) is 3.35. The van der Waals surface area contributed by atoms with Crippen molar-refractivity contribution in [1.29, 1.82) is 0 Å². The molecule has 2 heterocycles. The smallest absolute Gasteiger partial charge is 0.361 e. The van der Waals surface area contributed by atoms with Crippen molar-refractivity contribution in [2.45, 2.75) is 32.2 Å². The van der Waals surface area contributed by atoms with Gasteiger partial charge in [0, 0.05) is 24.0 Å². The standard InChI is InChI=1S/C21H23N3O4/c1-4-28-21(26)17-18(27-3)20(25)23(2)19(22-17)16-12-13-8-5-6-11-15(13)24(16)14-9-7-10-14/h5-6,8,11-12,14H,4,7,9-10H2,1-3H3. The molecule has 1 aliphatic carbocycles. The zero-order valence-corrected chi connectivity index (χ0v) is 16.3. The van der Waals surface area contributed by atoms with Gasteiger partial charge < -0.3 is 14.0 Å². The molecule has 0 saturated heterocycles. The number of aromatic nitrogens is 3. The summed E-state index contributed by atoms with van der Waals surface area (Å²) in [6, 6.07) is 10.5. The second kappa shape index (κ2) is 7.14. The maximum absolute atomic E-state index is 12.9. The summed E-state index contributed by atoms with van der Waals surface area (Å²) in [5, 5.41) is 1.08. The Morgan fingerprint density at radius 1 is 1.29 bits per heavy atom. The van der Waals surface area contributed by atoms with Crippen LogP contribution in [0.15, 0.2) is 35.1 Å². The van der Waals surface area contributed by atoms with E-state index in [1.807, 2.05) is 24.3 Å². The number of methoxy groups -OCH3 is 1. The summed E-state index contributed by atoms with van der Waals surface area (Å²) in [7, 11) is 3.00. The number of esters is 1. The summed E-state index contributed by atoms with van der Waals surface area (Å²) < 4.78 is 13.9. The van der Waals surface area contributed by atoms with E-state index in [4.69, 9.17) is 9.47 Å². The van der Waals surface area contributed by atoms with Crippen LogP contribution in [-0.4, -0.2) is 33.8 Å². The Morgan fingerprint density at radius 3 is 2.68 bits per heavy atom. The molecule has 28 heavy (non-hydrogen) atoms. The SMILES string of the molecule is CCOC(=O)c1nc(-c2cc3ccccc3n2C2CCC2)n(C)c(=O)c1OC. The molecule has 0 N–H and O–H groups in total. The predicted octanol–water partition coefficient (Wildman–Crippen LogP) is 3.31. The fourth-order valence-corrected chi connectivity index (χ4v) is 3.72. The highest BCUT2D eigenvalue weighted by molar-refractivity contribution is 5.91. The van der Waals surface area contributed by atoms with E-state index >= 15 is 0 Å². The zero-order valence-electron chi connectivity index (χ0n) is 16.3. The number of rotatable bonds is 5. The minimum Gasteiger partial charge on any atom is -0.489 e. The van der Waals surface area contributed by atoms with Crippen LogP contribution >= 0.6 is 0 Å². The van der Waals surface area contributed by atoms with Crippen molar-refractivity contribution in [3.63, 3.8) is 0 Å². The second-order valence-electron chi connectivity index (χ2n) is 6.95. The molecule has 1 aromatic carbocycles. The highest BCUT2D eigenvalue weighted by Crippen LogP contribution is 2.39. The first-order valence-electron chi connectivity index (χ1n) is 9.49. The molecule has 0 radical (unpaired) electrons. The predicted molar refractivity (Wildman–Crippen MR) is 106 cm³/mol. The van der Waals surface area contributed by atoms with E-state index in [-0.39, 0.29) is 18.1 Å². The number of benzene rings is 1. The molecule has 7 nitrogen and oxygen atoms in total. The quantitative estimate of drug-likeness (QED) is 0.634. The molecular weight excluding hydrogens is 358 g/mol. The number of carbonyl (C=O) groups excluding carboxylic acids is 1. The maximum Gasteiger partial charge on any atom is 0.361 e. The molecule has 0 aliphatic heterocycles. The van der Waals surface area contributed by atoms with Crippen LogP contribution in [0.5, 0.6) is 5.75 Å². The van der Waals surface area contributed by atoms with Gasteiger partial charge in [0.15, 0.2) is 11.5 Å². The van der Waals surface area contributed by atoms with Gasteiger partial charge in [-0.15, -0.1) is 0 Å². The zero-order chi connectivity index (χ0) is 19.8. The van der Waals surface area contributed by atoms with Crippen molar-refractivity contribution < 1.29 is 14.3 Å². The van der Waals surface area contributed by atoms with Crippen LogP contribution in [-0.2, 0) is 11.8 Å². The minimum absolute atomic E-state index is 0.0899. The first-order valence-corrected chi connectivity index (χ1v) is 9.49. The summed E-state index contributed by atoms with van der Waals surface area (Å²) in [5.74, 6) is -0.336. The molecule has 4 rings (SSSR count). The van der Waals surface area contributed by atoms with E-state index in [9.17, 15) is 9.59 Å². The molecule has 1 aliphatic rings. The molecule has 0 spiro atoms. The summed E-state index contributed by atoms with van der Waals surface area (Å²) in [4.78, 5) is 29.8. The Hall–Kier alpha value is -3.09. The van der Waals surface area contributed by atoms with Gasteiger partial charge in [-0.2, -0.15) is 0 Å². The van der Waals surface area contributed by atoms with E-state index in [2.05, 4.69) is 15.6 Å². The highest BCUT2D eigenvalue weighted by atomic mass is 16.5. The van der Waals surface area contributed by atoms with E-state index in [0.29, 0.717) is 11.9 Å². The summed E-state index contributed by atoms with van der Waals surface area (Å²) in [5.41, 5.74) is 1.41. The van der Waals surface area contributed by atoms with Crippen LogP contribution in [0.3, 0.4) is 0 Å². The van der Waals surface area contributed by atoms with Crippen LogP contribution in [0.4, 0.5) is 0 Å². The van der Waals surface area contributed by atoms with E-state index in [1.54, 1.807) is 14.0 Å². The normalized spacial score (nSPS) is 14.1. The van der Waals surface area contributed by atoms with Gasteiger partial charge in [-0.1, -0.05) is 18.2 Å². The van der Waals surface area contributed by atoms with Gasteiger partial charge in [0.25, 0.3) is 5.56 Å². The minimum atomic E-state index is -0.662. The topological polar surface area (TPSA) is 75.4 Å². The number of ether oxygens (including phenoxy) is 2. The monoisotopic (exact) mass is 381 g/mol. The summed E-state index contributed by atoms with van der Waals surface area (Å²) >= 11 is 0. The lowest BCUT2D eigenvalue weighted by Crippen LogP contribution is -2.27. The van der Waals surface area contributed by atoms with Crippen molar-refractivity contribution in [2.75, 3.05) is 13.7 Å². The van der Waals surface area contributed by atoms with Crippen LogP contribution in [0.25, 0.3) is 22.4 Å². The van der Waals surface area contributed by atoms with E-state index in [1.165, 1.54) is 18.1 Å². The van der Waals surface area contributed by atoms with Crippen LogP contribution in [0, 0.1) is 0 Å². The first-order chi connectivity index (χ1) is 13.6. The van der Waals surface area contributed by atoms with E-state index < -0.39 is 11.5 Å². The highest BCUT2D eigenvalue weighted by Gasteiger charge is 2.28. The third-order valence-corrected chi connectivity index (χ3v) is 5.34. The second-order valence-corrected chi connectivity index (χ2v) is 6.95. The number of fused-ring (bicyclic) bond motifs is 1. The molecule has 2 aromatic heterocycles. The van der Waals surface area contributed by atoms with Crippen LogP contribution in [0.1, 0.15) is 42.7 Å². The third-order valence-electron chi connectivity index (χ3n) is 5.34. The average molecular weight is 381 g/mol. The molecule has 0 amide bonds. The van der Waals surface area contributed by atoms with Gasteiger partial charge >= 0.3 is 5.97 Å². The van der Waals surface area contributed by atoms with Gasteiger partial charge in [0.2, 0.25) is 5.75 Å². The lowest BCUT2D eigenvalue weighted by molar-refractivity contribution is 0.0514. The molecule has 0 atom stereocenters. The fourth-order valence-electron chi connectivity index (χ4n) is 3.72. The van der Waals surface area contributed by atoms with Crippen LogP contribution in [0.2, 0.25) is 0 Å². The summed E-state index contributed by atoms with van der Waals surface area (Å²) in [6.45, 7) is 1.90. The first kappa shape index (κ1) is 18.3. The van der Waals surface area contributed by atoms with Gasteiger partial charge in [0.05, 0.1) is 19.4 Å². The molecule has 1 fully saturated rings. The van der Waals surface area contributed by atoms with Gasteiger partial charge in [0.1, 0.15) is 0 Å². The lowest BCUT2D eigenvalue weighted by atomic mass is 9.92. The Labute approximate surface area is 162 Å². The Balaban J connectivity index is 1.99. The van der Waals surface area contributed by atoms with Crippen molar-refractivity contribution >= 4 is 16.9 Å². The Kier molecular flexibility index (Phi) is 4.66. The fraction of sp³-hybridized carbons (Fsp3) is 0.381. The Morgan fingerprint density at radius 2 is 2.04 bits per heavy atom. The molecule has 1 saturated carbocycles. The third kappa shape index (κ3) is 2.78. The van der Waals surface area contributed by atoms with Crippen molar-refractivity contribution in [3.8, 4) is 17.3 Å².